The van der Waals surface area contributed by atoms with E-state index in [1.807, 2.05) is 19.9 Å². The van der Waals surface area contributed by atoms with Crippen molar-refractivity contribution in [2.24, 2.45) is 50.2 Å². The van der Waals surface area contributed by atoms with E-state index in [-0.39, 0.29) is 57.6 Å². The molecule has 6 aliphatic rings. The standard InChI is InChI=1S/C31H43NO4/c1-25(2)10-12-30(17-33)13-11-28(6)22(18(30)15-25)19(34)14-21-27(28,5)9-8-20-26(3,4)23(35)31(16-32)24(36-31)29(20,21)7/h14,18,20,22,24,33H,8-13,15,17H2,1-7H3. The van der Waals surface area contributed by atoms with E-state index in [0.717, 1.165) is 50.5 Å². The molecule has 0 amide bonds. The number of carbonyl (C=O) groups excluding carboxylic acids is 2. The van der Waals surface area contributed by atoms with Gasteiger partial charge in [0.1, 0.15) is 12.2 Å². The number of nitriles is 1. The molecule has 36 heavy (non-hydrogen) atoms. The Kier molecular flexibility index (Phi) is 4.64. The van der Waals surface area contributed by atoms with Gasteiger partial charge in [-0.2, -0.15) is 5.26 Å². The number of ether oxygens (including phenoxy) is 1. The second-order valence-electron chi connectivity index (χ2n) is 15.5. The smallest absolute Gasteiger partial charge is 0.240 e. The van der Waals surface area contributed by atoms with Crippen LogP contribution in [0.3, 0.4) is 0 Å². The van der Waals surface area contributed by atoms with Crippen LogP contribution in [0.1, 0.15) is 93.4 Å². The predicted octanol–water partition coefficient (Wildman–Crippen LogP) is 5.41. The second-order valence-corrected chi connectivity index (χ2v) is 15.5. The van der Waals surface area contributed by atoms with Crippen molar-refractivity contribution in [3.8, 4) is 6.07 Å². The fourth-order valence-electron chi connectivity index (χ4n) is 10.8. The minimum atomic E-state index is -1.37. The molecule has 0 radical (unpaired) electrons. The molecular weight excluding hydrogens is 450 g/mol. The third-order valence-corrected chi connectivity index (χ3v) is 13.2. The average Bonchev–Trinajstić information content (AvgIpc) is 3.56. The van der Waals surface area contributed by atoms with E-state index >= 15 is 0 Å². The molecule has 5 nitrogen and oxygen atoms in total. The Morgan fingerprint density at radius 2 is 1.69 bits per heavy atom. The largest absolute Gasteiger partial charge is 0.396 e. The van der Waals surface area contributed by atoms with Gasteiger partial charge in [0.2, 0.25) is 5.60 Å². The van der Waals surface area contributed by atoms with Gasteiger partial charge in [-0.05, 0) is 84.5 Å². The average molecular weight is 494 g/mol. The van der Waals surface area contributed by atoms with Crippen LogP contribution in [0.5, 0.6) is 0 Å². The highest BCUT2D eigenvalue weighted by molar-refractivity contribution is 6.01. The number of Topliss-reactive ketones (excluding diaryl/α,β-unsaturated/α-hetero) is 1. The van der Waals surface area contributed by atoms with Crippen LogP contribution >= 0.6 is 0 Å². The Hall–Kier alpha value is -1.51. The summed E-state index contributed by atoms with van der Waals surface area (Å²) in [7, 11) is 0. The van der Waals surface area contributed by atoms with E-state index in [1.54, 1.807) is 0 Å². The van der Waals surface area contributed by atoms with Crippen molar-refractivity contribution in [2.75, 3.05) is 6.61 Å². The lowest BCUT2D eigenvalue weighted by atomic mass is 9.33. The minimum absolute atomic E-state index is 0.0347. The number of hydrogen-bond donors (Lipinski definition) is 1. The predicted molar refractivity (Wildman–Crippen MR) is 136 cm³/mol. The zero-order chi connectivity index (χ0) is 26.3. The molecule has 5 heteroatoms. The highest BCUT2D eigenvalue weighted by Crippen LogP contribution is 2.77. The second kappa shape index (κ2) is 6.73. The van der Waals surface area contributed by atoms with Crippen molar-refractivity contribution in [2.45, 2.75) is 105 Å². The van der Waals surface area contributed by atoms with E-state index in [1.165, 1.54) is 0 Å². The Balaban J connectivity index is 1.52. The van der Waals surface area contributed by atoms with E-state index in [9.17, 15) is 20.0 Å². The summed E-state index contributed by atoms with van der Waals surface area (Å²) in [6.45, 7) is 15.6. The zero-order valence-electron chi connectivity index (χ0n) is 23.2. The molecule has 5 aliphatic carbocycles. The van der Waals surface area contributed by atoms with Crippen molar-refractivity contribution in [3.05, 3.63) is 11.6 Å². The highest BCUT2D eigenvalue weighted by Gasteiger charge is 2.82. The molecule has 0 spiro atoms. The Labute approximate surface area is 216 Å². The lowest BCUT2D eigenvalue weighted by molar-refractivity contribution is -0.180. The Bertz CT molecular complexity index is 1150. The quantitative estimate of drug-likeness (QED) is 0.493. The third-order valence-electron chi connectivity index (χ3n) is 13.2. The molecule has 196 valence electrons. The summed E-state index contributed by atoms with van der Waals surface area (Å²) in [5, 5.41) is 20.7. The maximum atomic E-state index is 14.3. The van der Waals surface area contributed by atoms with Crippen molar-refractivity contribution in [1.82, 2.24) is 0 Å². The first-order valence-corrected chi connectivity index (χ1v) is 14.1. The van der Waals surface area contributed by atoms with Gasteiger partial charge in [0, 0.05) is 23.4 Å². The first kappa shape index (κ1) is 24.8. The molecule has 0 aromatic heterocycles. The number of carbonyl (C=O) groups is 2. The van der Waals surface area contributed by atoms with Gasteiger partial charge in [-0.3, -0.25) is 9.59 Å². The number of ketones is 2. The molecule has 1 heterocycles. The molecule has 0 aromatic carbocycles. The van der Waals surface area contributed by atoms with Gasteiger partial charge < -0.3 is 9.84 Å². The molecule has 0 aromatic rings. The summed E-state index contributed by atoms with van der Waals surface area (Å²) in [6, 6.07) is 2.25. The number of rotatable bonds is 1. The van der Waals surface area contributed by atoms with E-state index in [0.29, 0.717) is 0 Å². The summed E-state index contributed by atoms with van der Waals surface area (Å²) in [5.41, 5.74) is -1.90. The van der Waals surface area contributed by atoms with Crippen LogP contribution in [0, 0.1) is 61.6 Å². The van der Waals surface area contributed by atoms with Crippen LogP contribution in [0.4, 0.5) is 0 Å². The summed E-state index contributed by atoms with van der Waals surface area (Å²) in [6.07, 6.45) is 8.24. The van der Waals surface area contributed by atoms with Gasteiger partial charge in [-0.1, -0.05) is 54.0 Å². The first-order valence-electron chi connectivity index (χ1n) is 14.1. The van der Waals surface area contributed by atoms with Gasteiger partial charge in [0.25, 0.3) is 0 Å². The van der Waals surface area contributed by atoms with E-state index in [4.69, 9.17) is 4.74 Å². The maximum Gasteiger partial charge on any atom is 0.240 e. The number of nitrogens with zero attached hydrogens (tertiary/aromatic N) is 1. The van der Waals surface area contributed by atoms with Gasteiger partial charge in [-0.15, -0.1) is 0 Å². The van der Waals surface area contributed by atoms with Crippen LogP contribution in [0.15, 0.2) is 11.6 Å². The third kappa shape index (κ3) is 2.50. The van der Waals surface area contributed by atoms with Crippen LogP contribution in [0.2, 0.25) is 0 Å². The van der Waals surface area contributed by atoms with Gasteiger partial charge in [-0.25, -0.2) is 0 Å². The van der Waals surface area contributed by atoms with Crippen molar-refractivity contribution in [3.63, 3.8) is 0 Å². The topological polar surface area (TPSA) is 90.7 Å². The van der Waals surface area contributed by atoms with Crippen molar-refractivity contribution < 1.29 is 19.4 Å². The molecule has 1 saturated heterocycles. The molecular formula is C31H43NO4. The van der Waals surface area contributed by atoms with Crippen molar-refractivity contribution in [1.29, 1.82) is 5.26 Å². The fraction of sp³-hybridized carbons (Fsp3) is 0.839. The lowest BCUT2D eigenvalue weighted by Crippen LogP contribution is -2.67. The van der Waals surface area contributed by atoms with Gasteiger partial charge in [0.15, 0.2) is 11.6 Å². The molecule has 9 unspecified atom stereocenters. The first-order chi connectivity index (χ1) is 16.6. The molecule has 6 rings (SSSR count). The number of aliphatic hydroxyl groups excluding tert-OH is 1. The SMILES string of the molecule is CC1(C)CCC2(CO)CCC3(C)C(C(=O)C=C4C5(C)C(CCC43C)C(C)(C)C(=O)C3(C#N)OC35)C2C1. The molecule has 1 aliphatic heterocycles. The Morgan fingerprint density at radius 3 is 2.33 bits per heavy atom. The number of hydrogen-bond acceptors (Lipinski definition) is 5. The van der Waals surface area contributed by atoms with Gasteiger partial charge >= 0.3 is 0 Å². The Morgan fingerprint density at radius 1 is 1.03 bits per heavy atom. The van der Waals surface area contributed by atoms with Crippen LogP contribution in [0.25, 0.3) is 0 Å². The minimum Gasteiger partial charge on any atom is -0.396 e. The van der Waals surface area contributed by atoms with Crippen LogP contribution in [-0.4, -0.2) is 35.0 Å². The van der Waals surface area contributed by atoms with Gasteiger partial charge in [0.05, 0.1) is 0 Å². The lowest BCUT2D eigenvalue weighted by Gasteiger charge is -2.69. The number of aliphatic hydroxyl groups is 1. The van der Waals surface area contributed by atoms with E-state index < -0.39 is 22.5 Å². The van der Waals surface area contributed by atoms with Crippen LogP contribution in [-0.2, 0) is 14.3 Å². The molecule has 1 N–H and O–H groups in total. The number of epoxide rings is 1. The molecule has 5 fully saturated rings. The summed E-state index contributed by atoms with van der Waals surface area (Å²) < 4.78 is 6.08. The molecule has 0 bridgehead atoms. The van der Waals surface area contributed by atoms with Crippen LogP contribution < -0.4 is 0 Å². The monoisotopic (exact) mass is 493 g/mol. The molecule has 4 saturated carbocycles. The fourth-order valence-corrected chi connectivity index (χ4v) is 10.8. The van der Waals surface area contributed by atoms with E-state index in [2.05, 4.69) is 40.7 Å². The van der Waals surface area contributed by atoms with Crippen molar-refractivity contribution >= 4 is 11.6 Å². The highest BCUT2D eigenvalue weighted by atomic mass is 16.6. The number of allylic oxidation sites excluding steroid dienone is 1. The number of fused-ring (bicyclic) bond motifs is 9. The normalized spacial score (nSPS) is 54.0. The zero-order valence-corrected chi connectivity index (χ0v) is 23.2. The summed E-state index contributed by atoms with van der Waals surface area (Å²) >= 11 is 0. The molecule has 9 atom stereocenters. The summed E-state index contributed by atoms with van der Waals surface area (Å²) in [5.74, 6) is 0.219. The summed E-state index contributed by atoms with van der Waals surface area (Å²) in [4.78, 5) is 27.8. The maximum absolute atomic E-state index is 14.3.